The van der Waals surface area contributed by atoms with Crippen LogP contribution in [-0.2, 0) is 16.0 Å². The number of ether oxygens (including phenoxy) is 1. The molecule has 4 heteroatoms. The van der Waals surface area contributed by atoms with E-state index in [1.165, 1.54) is 11.1 Å². The molecule has 27 heavy (non-hydrogen) atoms. The van der Waals surface area contributed by atoms with Gasteiger partial charge in [-0.1, -0.05) is 48.5 Å². The molecule has 2 aromatic rings. The fourth-order valence-electron chi connectivity index (χ4n) is 3.12. The zero-order valence-electron chi connectivity index (χ0n) is 15.7. The molecule has 0 spiro atoms. The number of carbonyl (C=O) groups excluding carboxylic acids is 2. The molecule has 0 atom stereocenters. The number of hydrogen-bond acceptors (Lipinski definition) is 3. The van der Waals surface area contributed by atoms with Crippen molar-refractivity contribution >= 4 is 17.3 Å². The highest BCUT2D eigenvalue weighted by atomic mass is 16.5. The van der Waals surface area contributed by atoms with Crippen molar-refractivity contribution in [1.82, 2.24) is 4.90 Å². The second-order valence-corrected chi connectivity index (χ2v) is 6.82. The maximum atomic E-state index is 12.4. The Morgan fingerprint density at radius 2 is 1.78 bits per heavy atom. The zero-order chi connectivity index (χ0) is 19.1. The van der Waals surface area contributed by atoms with Gasteiger partial charge in [0.15, 0.2) is 6.61 Å². The Bertz CT molecular complexity index is 809. The Balaban J connectivity index is 1.47. The molecule has 3 rings (SSSR count). The maximum Gasteiger partial charge on any atom is 0.260 e. The second kappa shape index (κ2) is 9.17. The fourth-order valence-corrected chi connectivity index (χ4v) is 3.12. The summed E-state index contributed by atoms with van der Waals surface area (Å²) < 4.78 is 5.63. The Morgan fingerprint density at radius 3 is 2.41 bits per heavy atom. The molecular formula is C23H25NO3. The minimum atomic E-state index is -0.000909. The number of aryl methyl sites for hydroxylation is 1. The predicted octanol–water partition coefficient (Wildman–Crippen LogP) is 3.90. The van der Waals surface area contributed by atoms with Gasteiger partial charge in [-0.15, -0.1) is 0 Å². The number of hydrogen-bond donors (Lipinski definition) is 0. The van der Waals surface area contributed by atoms with Crippen molar-refractivity contribution in [1.29, 1.82) is 0 Å². The molecule has 0 bridgehead atoms. The first-order valence-corrected chi connectivity index (χ1v) is 9.35. The Labute approximate surface area is 160 Å². The highest BCUT2D eigenvalue weighted by Crippen LogP contribution is 2.22. The van der Waals surface area contributed by atoms with Gasteiger partial charge in [-0.25, -0.2) is 0 Å². The van der Waals surface area contributed by atoms with Crippen molar-refractivity contribution in [3.05, 3.63) is 71.8 Å². The lowest BCUT2D eigenvalue weighted by Crippen LogP contribution is -2.37. The molecule has 0 unspecified atom stereocenters. The minimum absolute atomic E-state index is 0.000909. The van der Waals surface area contributed by atoms with E-state index in [2.05, 4.69) is 18.2 Å². The summed E-state index contributed by atoms with van der Waals surface area (Å²) in [5.41, 5.74) is 3.62. The number of ketones is 1. The summed E-state index contributed by atoms with van der Waals surface area (Å²) in [6.07, 6.45) is 4.27. The third kappa shape index (κ3) is 5.55. The van der Waals surface area contributed by atoms with Crippen LogP contribution in [0.15, 0.2) is 60.7 Å². The number of amides is 1. The molecule has 1 aliphatic heterocycles. The largest absolute Gasteiger partial charge is 0.484 e. The third-order valence-corrected chi connectivity index (χ3v) is 4.76. The van der Waals surface area contributed by atoms with Crippen LogP contribution in [0.1, 0.15) is 30.9 Å². The van der Waals surface area contributed by atoms with Crippen LogP contribution in [0, 0.1) is 0 Å². The molecule has 0 saturated carbocycles. The van der Waals surface area contributed by atoms with Crippen LogP contribution in [0.25, 0.3) is 5.57 Å². The third-order valence-electron chi connectivity index (χ3n) is 4.76. The Kier molecular flexibility index (Phi) is 6.42. The van der Waals surface area contributed by atoms with E-state index in [9.17, 15) is 9.59 Å². The fraction of sp³-hybridized carbons (Fsp3) is 0.304. The van der Waals surface area contributed by atoms with E-state index in [-0.39, 0.29) is 18.3 Å². The van der Waals surface area contributed by atoms with Crippen molar-refractivity contribution in [2.75, 3.05) is 19.7 Å². The van der Waals surface area contributed by atoms with Gasteiger partial charge in [0, 0.05) is 19.5 Å². The van der Waals surface area contributed by atoms with Crippen LogP contribution in [0.4, 0.5) is 0 Å². The zero-order valence-corrected chi connectivity index (χ0v) is 15.7. The van der Waals surface area contributed by atoms with Gasteiger partial charge in [0.25, 0.3) is 5.91 Å². The normalized spacial score (nSPS) is 13.8. The van der Waals surface area contributed by atoms with Gasteiger partial charge in [0.05, 0.1) is 0 Å². The van der Waals surface area contributed by atoms with Crippen molar-refractivity contribution in [2.24, 2.45) is 0 Å². The van der Waals surface area contributed by atoms with E-state index in [1.807, 2.05) is 47.4 Å². The molecule has 1 amide bonds. The Morgan fingerprint density at radius 1 is 1.04 bits per heavy atom. The Hall–Kier alpha value is -2.88. The SMILES string of the molecule is CC(=O)CCc1ccc(OCC(=O)N2CC=C(c3ccccc3)CC2)cc1. The number of Topliss-reactive ketones (excluding diaryl/α,β-unsaturated/α-hetero) is 1. The van der Waals surface area contributed by atoms with Crippen LogP contribution in [-0.4, -0.2) is 36.3 Å². The van der Waals surface area contributed by atoms with E-state index < -0.39 is 0 Å². The van der Waals surface area contributed by atoms with E-state index in [0.717, 1.165) is 18.4 Å². The highest BCUT2D eigenvalue weighted by molar-refractivity contribution is 5.79. The summed E-state index contributed by atoms with van der Waals surface area (Å²) in [7, 11) is 0. The molecule has 4 nitrogen and oxygen atoms in total. The van der Waals surface area contributed by atoms with Gasteiger partial charge in [0.2, 0.25) is 0 Å². The molecule has 0 fully saturated rings. The van der Waals surface area contributed by atoms with Gasteiger partial charge in [-0.05, 0) is 48.6 Å². The predicted molar refractivity (Wildman–Crippen MR) is 107 cm³/mol. The average molecular weight is 363 g/mol. The van der Waals surface area contributed by atoms with Crippen molar-refractivity contribution in [3.8, 4) is 5.75 Å². The molecule has 0 saturated heterocycles. The van der Waals surface area contributed by atoms with Crippen molar-refractivity contribution in [3.63, 3.8) is 0 Å². The van der Waals surface area contributed by atoms with Crippen LogP contribution in [0.5, 0.6) is 5.75 Å². The minimum Gasteiger partial charge on any atom is -0.484 e. The smallest absolute Gasteiger partial charge is 0.260 e. The molecule has 2 aromatic carbocycles. The molecule has 1 heterocycles. The second-order valence-electron chi connectivity index (χ2n) is 6.82. The van der Waals surface area contributed by atoms with Gasteiger partial charge in [-0.3, -0.25) is 4.79 Å². The first-order chi connectivity index (χ1) is 13.1. The summed E-state index contributed by atoms with van der Waals surface area (Å²) in [4.78, 5) is 25.3. The summed E-state index contributed by atoms with van der Waals surface area (Å²) in [6, 6.07) is 17.9. The van der Waals surface area contributed by atoms with Gasteiger partial charge >= 0.3 is 0 Å². The van der Waals surface area contributed by atoms with Gasteiger partial charge in [-0.2, -0.15) is 0 Å². The molecule has 0 aliphatic carbocycles. The number of benzene rings is 2. The molecule has 0 aromatic heterocycles. The van der Waals surface area contributed by atoms with Crippen LogP contribution in [0.2, 0.25) is 0 Å². The number of nitrogens with zero attached hydrogens (tertiary/aromatic N) is 1. The van der Waals surface area contributed by atoms with Crippen LogP contribution >= 0.6 is 0 Å². The highest BCUT2D eigenvalue weighted by Gasteiger charge is 2.18. The summed E-state index contributed by atoms with van der Waals surface area (Å²) in [6.45, 7) is 2.98. The molecule has 140 valence electrons. The lowest BCUT2D eigenvalue weighted by Gasteiger charge is -2.26. The van der Waals surface area contributed by atoms with Gasteiger partial charge in [0.1, 0.15) is 11.5 Å². The molecule has 1 aliphatic rings. The van der Waals surface area contributed by atoms with Gasteiger partial charge < -0.3 is 14.4 Å². The summed E-state index contributed by atoms with van der Waals surface area (Å²) in [5.74, 6) is 0.860. The number of rotatable bonds is 7. The molecule has 0 radical (unpaired) electrons. The standard InChI is InChI=1S/C23H25NO3/c1-18(25)7-8-19-9-11-22(12-10-19)27-17-23(26)24-15-13-21(14-16-24)20-5-3-2-4-6-20/h2-6,9-13H,7-8,14-17H2,1H3. The van der Waals surface area contributed by atoms with Crippen LogP contribution in [0.3, 0.4) is 0 Å². The van der Waals surface area contributed by atoms with E-state index >= 15 is 0 Å². The van der Waals surface area contributed by atoms with E-state index in [0.29, 0.717) is 25.3 Å². The first-order valence-electron chi connectivity index (χ1n) is 9.35. The van der Waals surface area contributed by atoms with E-state index in [4.69, 9.17) is 4.74 Å². The molecular weight excluding hydrogens is 338 g/mol. The molecule has 0 N–H and O–H groups in total. The van der Waals surface area contributed by atoms with Crippen molar-refractivity contribution in [2.45, 2.75) is 26.2 Å². The summed E-state index contributed by atoms with van der Waals surface area (Å²) >= 11 is 0. The quantitative estimate of drug-likeness (QED) is 0.749. The average Bonchev–Trinajstić information content (AvgIpc) is 2.72. The van der Waals surface area contributed by atoms with Crippen LogP contribution < -0.4 is 4.74 Å². The van der Waals surface area contributed by atoms with E-state index in [1.54, 1.807) is 6.92 Å². The van der Waals surface area contributed by atoms with Crippen molar-refractivity contribution < 1.29 is 14.3 Å². The maximum absolute atomic E-state index is 12.4. The topological polar surface area (TPSA) is 46.6 Å². The number of carbonyl (C=O) groups is 2. The lowest BCUT2D eigenvalue weighted by atomic mass is 10.00. The lowest BCUT2D eigenvalue weighted by molar-refractivity contribution is -0.132. The first kappa shape index (κ1) is 18.9. The summed E-state index contributed by atoms with van der Waals surface area (Å²) in [5, 5.41) is 0. The monoisotopic (exact) mass is 363 g/mol.